The predicted molar refractivity (Wildman–Crippen MR) is 42.6 cm³/mol. The van der Waals surface area contributed by atoms with E-state index in [1.54, 1.807) is 20.9 Å². The molecule has 0 atom stereocenters. The van der Waals surface area contributed by atoms with Gasteiger partial charge in [0.2, 0.25) is 0 Å². The predicted octanol–water partition coefficient (Wildman–Crippen LogP) is 0.531. The zero-order valence-corrected chi connectivity index (χ0v) is 7.83. The molecule has 0 aromatic rings. The number of hydrogen-bond acceptors (Lipinski definition) is 3. The Hall–Kier alpha value is -0.160. The molecule has 3 nitrogen and oxygen atoms in total. The van der Waals surface area contributed by atoms with Crippen molar-refractivity contribution in [2.75, 3.05) is 19.3 Å². The number of halogens is 1. The molecule has 0 spiro atoms. The highest BCUT2D eigenvalue weighted by molar-refractivity contribution is 7.86. The van der Waals surface area contributed by atoms with E-state index in [9.17, 15) is 12.3 Å². The summed E-state index contributed by atoms with van der Waals surface area (Å²) in [7, 11) is -2.64. The molecule has 0 aliphatic rings. The maximum Gasteiger partial charge on any atom is 0.302 e. The van der Waals surface area contributed by atoms with Crippen LogP contribution in [-0.4, -0.2) is 27.8 Å². The lowest BCUT2D eigenvalue weighted by Crippen LogP contribution is -2.32. The Balaban J connectivity index is 4.13. The maximum absolute atomic E-state index is 12.2. The van der Waals surface area contributed by atoms with Crippen molar-refractivity contribution in [1.82, 2.24) is 5.32 Å². The molecule has 11 heavy (non-hydrogen) atoms. The fraction of sp³-hybridized carbons (Fsp3) is 1.00. The van der Waals surface area contributed by atoms with Crippen LogP contribution in [-0.2, 0) is 10.2 Å². The first-order chi connectivity index (χ1) is 4.77. The van der Waals surface area contributed by atoms with Crippen LogP contribution < -0.4 is 5.32 Å². The Morgan fingerprint density at radius 3 is 2.18 bits per heavy atom. The fourth-order valence-corrected chi connectivity index (χ4v) is 2.03. The fourth-order valence-electron chi connectivity index (χ4n) is 0.996. The van der Waals surface area contributed by atoms with Crippen molar-refractivity contribution < 1.29 is 12.3 Å². The Labute approximate surface area is 67.2 Å². The van der Waals surface area contributed by atoms with Gasteiger partial charge in [-0.3, -0.25) is 0 Å². The molecule has 0 fully saturated rings. The van der Waals surface area contributed by atoms with E-state index in [1.807, 2.05) is 0 Å². The molecule has 0 rings (SSSR count). The summed E-state index contributed by atoms with van der Waals surface area (Å²) in [6, 6.07) is 0. The Morgan fingerprint density at radius 2 is 1.91 bits per heavy atom. The van der Waals surface area contributed by atoms with Crippen LogP contribution in [0.5, 0.6) is 0 Å². The standard InChI is InChI=1S/C6H14FNO2S/c1-6(2,4-8-3)5-11(7,9)10/h8H,4-5H2,1-3H3. The molecule has 0 aliphatic heterocycles. The molecule has 1 N–H and O–H groups in total. The lowest BCUT2D eigenvalue weighted by atomic mass is 9.97. The molecule has 0 aromatic carbocycles. The molecular formula is C6H14FNO2S. The van der Waals surface area contributed by atoms with Crippen molar-refractivity contribution in [3.8, 4) is 0 Å². The normalized spacial score (nSPS) is 13.5. The second-order valence-corrected chi connectivity index (χ2v) is 4.74. The first kappa shape index (κ1) is 10.8. The third-order valence-corrected chi connectivity index (χ3v) is 2.34. The summed E-state index contributed by atoms with van der Waals surface area (Å²) < 4.78 is 32.6. The van der Waals surface area contributed by atoms with E-state index in [1.165, 1.54) is 0 Å². The molecular weight excluding hydrogens is 169 g/mol. The minimum absolute atomic E-state index is 0.430. The lowest BCUT2D eigenvalue weighted by molar-refractivity contribution is 0.388. The molecule has 5 heteroatoms. The molecule has 0 radical (unpaired) electrons. The molecule has 0 saturated carbocycles. The van der Waals surface area contributed by atoms with Crippen LogP contribution in [0.15, 0.2) is 0 Å². The van der Waals surface area contributed by atoms with E-state index in [0.29, 0.717) is 6.54 Å². The minimum atomic E-state index is -4.34. The van der Waals surface area contributed by atoms with Gasteiger partial charge in [-0.05, 0) is 12.5 Å². The third-order valence-electron chi connectivity index (χ3n) is 1.22. The monoisotopic (exact) mass is 183 g/mol. The summed E-state index contributed by atoms with van der Waals surface area (Å²) in [6.45, 7) is 3.87. The second kappa shape index (κ2) is 3.49. The summed E-state index contributed by atoms with van der Waals surface area (Å²) in [5.74, 6) is -0.430. The Bertz CT molecular complexity index is 211. The zero-order chi connectivity index (χ0) is 9.12. The van der Waals surface area contributed by atoms with Gasteiger partial charge in [-0.2, -0.15) is 8.42 Å². The molecule has 0 unspecified atom stereocenters. The van der Waals surface area contributed by atoms with Gasteiger partial charge >= 0.3 is 10.2 Å². The van der Waals surface area contributed by atoms with Gasteiger partial charge < -0.3 is 5.32 Å². The Kier molecular flexibility index (Phi) is 3.44. The van der Waals surface area contributed by atoms with Crippen LogP contribution in [0.4, 0.5) is 3.89 Å². The molecule has 0 heterocycles. The van der Waals surface area contributed by atoms with Crippen molar-refractivity contribution in [2.45, 2.75) is 13.8 Å². The highest BCUT2D eigenvalue weighted by Gasteiger charge is 2.24. The van der Waals surface area contributed by atoms with E-state index in [4.69, 9.17) is 0 Å². The van der Waals surface area contributed by atoms with Gasteiger partial charge in [-0.25, -0.2) is 0 Å². The molecule has 68 valence electrons. The summed E-state index contributed by atoms with van der Waals surface area (Å²) >= 11 is 0. The van der Waals surface area contributed by atoms with Crippen LogP contribution in [0, 0.1) is 5.41 Å². The van der Waals surface area contributed by atoms with Gasteiger partial charge in [0.05, 0.1) is 5.75 Å². The minimum Gasteiger partial charge on any atom is -0.319 e. The Morgan fingerprint density at radius 1 is 1.45 bits per heavy atom. The van der Waals surface area contributed by atoms with Crippen molar-refractivity contribution in [3.05, 3.63) is 0 Å². The van der Waals surface area contributed by atoms with Crippen molar-refractivity contribution in [1.29, 1.82) is 0 Å². The zero-order valence-electron chi connectivity index (χ0n) is 7.02. The van der Waals surface area contributed by atoms with Gasteiger partial charge in [-0.1, -0.05) is 13.8 Å². The van der Waals surface area contributed by atoms with E-state index in [0.717, 1.165) is 0 Å². The third kappa shape index (κ3) is 6.25. The summed E-state index contributed by atoms with van der Waals surface area (Å²) in [6.07, 6.45) is 0. The average Bonchev–Trinajstić information content (AvgIpc) is 1.55. The summed E-state index contributed by atoms with van der Waals surface area (Å²) in [4.78, 5) is 0. The van der Waals surface area contributed by atoms with Crippen LogP contribution in [0.2, 0.25) is 0 Å². The highest BCUT2D eigenvalue weighted by Crippen LogP contribution is 2.17. The van der Waals surface area contributed by atoms with E-state index in [2.05, 4.69) is 5.32 Å². The van der Waals surface area contributed by atoms with Crippen LogP contribution >= 0.6 is 0 Å². The van der Waals surface area contributed by atoms with Crippen molar-refractivity contribution >= 4 is 10.2 Å². The maximum atomic E-state index is 12.2. The molecule has 0 saturated heterocycles. The smallest absolute Gasteiger partial charge is 0.302 e. The molecule has 0 aromatic heterocycles. The van der Waals surface area contributed by atoms with Gasteiger partial charge in [0, 0.05) is 6.54 Å². The number of rotatable bonds is 4. The van der Waals surface area contributed by atoms with Gasteiger partial charge in [0.1, 0.15) is 0 Å². The van der Waals surface area contributed by atoms with Crippen molar-refractivity contribution in [2.24, 2.45) is 5.41 Å². The molecule has 0 aliphatic carbocycles. The van der Waals surface area contributed by atoms with E-state index in [-0.39, 0.29) is 0 Å². The topological polar surface area (TPSA) is 46.2 Å². The second-order valence-electron chi connectivity index (χ2n) is 3.38. The first-order valence-electron chi connectivity index (χ1n) is 3.34. The molecule has 0 amide bonds. The van der Waals surface area contributed by atoms with Gasteiger partial charge in [0.15, 0.2) is 0 Å². The van der Waals surface area contributed by atoms with Crippen LogP contribution in [0.1, 0.15) is 13.8 Å². The average molecular weight is 183 g/mol. The van der Waals surface area contributed by atoms with Crippen LogP contribution in [0.25, 0.3) is 0 Å². The highest BCUT2D eigenvalue weighted by atomic mass is 32.3. The largest absolute Gasteiger partial charge is 0.319 e. The van der Waals surface area contributed by atoms with Crippen LogP contribution in [0.3, 0.4) is 0 Å². The number of hydrogen-bond donors (Lipinski definition) is 1. The van der Waals surface area contributed by atoms with Gasteiger partial charge in [0.25, 0.3) is 0 Å². The first-order valence-corrected chi connectivity index (χ1v) is 4.89. The SMILES string of the molecule is CNCC(C)(C)CS(=O)(=O)F. The van der Waals surface area contributed by atoms with Crippen molar-refractivity contribution in [3.63, 3.8) is 0 Å². The quantitative estimate of drug-likeness (QED) is 0.647. The van der Waals surface area contributed by atoms with E-state index < -0.39 is 21.4 Å². The lowest BCUT2D eigenvalue weighted by Gasteiger charge is -2.21. The summed E-state index contributed by atoms with van der Waals surface area (Å²) in [5.41, 5.74) is -0.539. The number of nitrogens with one attached hydrogen (secondary N) is 1. The molecule has 0 bridgehead atoms. The summed E-state index contributed by atoms with van der Waals surface area (Å²) in [5, 5.41) is 2.80. The van der Waals surface area contributed by atoms with Gasteiger partial charge in [-0.15, -0.1) is 3.89 Å². The van der Waals surface area contributed by atoms with E-state index >= 15 is 0 Å².